The average Bonchev–Trinajstić information content (AvgIpc) is 3.14. The molecule has 2 aromatic heterocycles. The Hall–Kier alpha value is -2.53. The van der Waals surface area contributed by atoms with Gasteiger partial charge in [0.1, 0.15) is 0 Å². The van der Waals surface area contributed by atoms with Gasteiger partial charge in [0.05, 0.1) is 11.6 Å². The summed E-state index contributed by atoms with van der Waals surface area (Å²) >= 11 is 0. The van der Waals surface area contributed by atoms with Crippen molar-refractivity contribution in [1.29, 1.82) is 0 Å². The molecule has 122 valence electrons. The maximum Gasteiger partial charge on any atom is 0.249 e. The Balaban J connectivity index is 1.56. The molecule has 0 spiro atoms. The van der Waals surface area contributed by atoms with Crippen LogP contribution in [0.25, 0.3) is 11.5 Å². The number of benzene rings is 1. The van der Waals surface area contributed by atoms with Gasteiger partial charge in [-0.1, -0.05) is 36.8 Å². The van der Waals surface area contributed by atoms with Crippen LogP contribution in [0.4, 0.5) is 0 Å². The van der Waals surface area contributed by atoms with E-state index in [9.17, 15) is 0 Å². The summed E-state index contributed by atoms with van der Waals surface area (Å²) in [5.74, 6) is 1.26. The highest BCUT2D eigenvalue weighted by Crippen LogP contribution is 2.32. The van der Waals surface area contributed by atoms with Crippen LogP contribution >= 0.6 is 0 Å². The fourth-order valence-corrected chi connectivity index (χ4v) is 3.25. The summed E-state index contributed by atoms with van der Waals surface area (Å²) in [7, 11) is 0. The van der Waals surface area contributed by atoms with Crippen LogP contribution in [-0.4, -0.2) is 26.6 Å². The Kier molecular flexibility index (Phi) is 4.34. The molecule has 1 unspecified atom stereocenters. The van der Waals surface area contributed by atoms with Crippen molar-refractivity contribution in [3.05, 3.63) is 66.3 Å². The van der Waals surface area contributed by atoms with E-state index in [0.29, 0.717) is 11.8 Å². The molecule has 5 nitrogen and oxygen atoms in total. The lowest BCUT2D eigenvalue weighted by atomic mass is 10.0. The average molecular weight is 320 g/mol. The third-order valence-electron chi connectivity index (χ3n) is 4.48. The molecule has 1 saturated heterocycles. The number of pyridine rings is 1. The monoisotopic (exact) mass is 320 g/mol. The number of rotatable bonds is 4. The van der Waals surface area contributed by atoms with Gasteiger partial charge in [0.2, 0.25) is 11.8 Å². The zero-order chi connectivity index (χ0) is 16.2. The summed E-state index contributed by atoms with van der Waals surface area (Å²) in [6, 6.07) is 14.6. The summed E-state index contributed by atoms with van der Waals surface area (Å²) in [6.07, 6.45) is 6.96. The molecular weight excluding hydrogens is 300 g/mol. The fourth-order valence-electron chi connectivity index (χ4n) is 3.25. The van der Waals surface area contributed by atoms with Gasteiger partial charge >= 0.3 is 0 Å². The van der Waals surface area contributed by atoms with Gasteiger partial charge in [0.25, 0.3) is 0 Å². The van der Waals surface area contributed by atoms with E-state index in [0.717, 1.165) is 25.1 Å². The Morgan fingerprint density at radius 2 is 1.96 bits per heavy atom. The molecule has 1 fully saturated rings. The van der Waals surface area contributed by atoms with Crippen LogP contribution < -0.4 is 0 Å². The molecule has 3 aromatic rings. The second-order valence-corrected chi connectivity index (χ2v) is 6.15. The maximum absolute atomic E-state index is 5.97. The summed E-state index contributed by atoms with van der Waals surface area (Å²) in [6.45, 7) is 1.97. The molecule has 0 bridgehead atoms. The molecule has 0 N–H and O–H groups in total. The minimum absolute atomic E-state index is 0.192. The molecule has 0 radical (unpaired) electrons. The van der Waals surface area contributed by atoms with E-state index in [2.05, 4.69) is 50.4 Å². The van der Waals surface area contributed by atoms with E-state index in [1.165, 1.54) is 18.4 Å². The van der Waals surface area contributed by atoms with E-state index in [1.54, 1.807) is 12.4 Å². The first-order valence-corrected chi connectivity index (χ1v) is 8.42. The summed E-state index contributed by atoms with van der Waals surface area (Å²) in [5.41, 5.74) is 2.18. The normalized spacial score (nSPS) is 18.6. The van der Waals surface area contributed by atoms with Crippen LogP contribution in [-0.2, 0) is 6.54 Å². The molecule has 1 atom stereocenters. The Morgan fingerprint density at radius 3 is 2.79 bits per heavy atom. The SMILES string of the molecule is c1ccc(CN2CCCCC2c2nnc(-c3cccnc3)o2)cc1. The lowest BCUT2D eigenvalue weighted by Crippen LogP contribution is -2.33. The summed E-state index contributed by atoms with van der Waals surface area (Å²) in [4.78, 5) is 6.56. The van der Waals surface area contributed by atoms with Gasteiger partial charge in [0.15, 0.2) is 0 Å². The van der Waals surface area contributed by atoms with E-state index in [-0.39, 0.29) is 6.04 Å². The van der Waals surface area contributed by atoms with Crippen LogP contribution in [0.3, 0.4) is 0 Å². The first-order valence-electron chi connectivity index (χ1n) is 8.42. The molecular formula is C19H20N4O. The summed E-state index contributed by atoms with van der Waals surface area (Å²) in [5, 5.41) is 8.54. The topological polar surface area (TPSA) is 55.1 Å². The van der Waals surface area contributed by atoms with Crippen molar-refractivity contribution in [1.82, 2.24) is 20.1 Å². The predicted molar refractivity (Wildman–Crippen MR) is 91.0 cm³/mol. The summed E-state index contributed by atoms with van der Waals surface area (Å²) < 4.78 is 5.97. The zero-order valence-electron chi connectivity index (χ0n) is 13.5. The number of aromatic nitrogens is 3. The van der Waals surface area contributed by atoms with Gasteiger partial charge in [-0.3, -0.25) is 9.88 Å². The third-order valence-corrected chi connectivity index (χ3v) is 4.48. The van der Waals surface area contributed by atoms with Crippen molar-refractivity contribution in [3.8, 4) is 11.5 Å². The van der Waals surface area contributed by atoms with Gasteiger partial charge in [-0.2, -0.15) is 0 Å². The highest BCUT2D eigenvalue weighted by molar-refractivity contribution is 5.49. The standard InChI is InChI=1S/C19H20N4O/c1-2-7-15(8-3-1)14-23-12-5-4-10-17(23)19-22-21-18(24-19)16-9-6-11-20-13-16/h1-3,6-9,11,13,17H,4-5,10,12,14H2. The maximum atomic E-state index is 5.97. The minimum Gasteiger partial charge on any atom is -0.419 e. The Bertz CT molecular complexity index is 772. The van der Waals surface area contributed by atoms with Gasteiger partial charge in [-0.25, -0.2) is 0 Å². The van der Waals surface area contributed by atoms with Crippen LogP contribution in [0.15, 0.2) is 59.3 Å². The van der Waals surface area contributed by atoms with Gasteiger partial charge in [-0.15, -0.1) is 10.2 Å². The fraction of sp³-hybridized carbons (Fsp3) is 0.316. The van der Waals surface area contributed by atoms with Crippen molar-refractivity contribution in [3.63, 3.8) is 0 Å². The highest BCUT2D eigenvalue weighted by Gasteiger charge is 2.28. The molecule has 0 amide bonds. The van der Waals surface area contributed by atoms with Crippen molar-refractivity contribution in [2.75, 3.05) is 6.54 Å². The van der Waals surface area contributed by atoms with E-state index < -0.39 is 0 Å². The van der Waals surface area contributed by atoms with Crippen molar-refractivity contribution in [2.45, 2.75) is 31.8 Å². The molecule has 1 aliphatic rings. The number of nitrogens with zero attached hydrogens (tertiary/aromatic N) is 4. The van der Waals surface area contributed by atoms with E-state index >= 15 is 0 Å². The second-order valence-electron chi connectivity index (χ2n) is 6.15. The Morgan fingerprint density at radius 1 is 1.04 bits per heavy atom. The smallest absolute Gasteiger partial charge is 0.249 e. The number of hydrogen-bond acceptors (Lipinski definition) is 5. The minimum atomic E-state index is 0.192. The number of likely N-dealkylation sites (tertiary alicyclic amines) is 1. The van der Waals surface area contributed by atoms with Crippen molar-refractivity contribution < 1.29 is 4.42 Å². The second kappa shape index (κ2) is 6.93. The predicted octanol–water partition coefficient (Wildman–Crippen LogP) is 3.86. The quantitative estimate of drug-likeness (QED) is 0.730. The lowest BCUT2D eigenvalue weighted by molar-refractivity contribution is 0.118. The Labute approximate surface area is 141 Å². The highest BCUT2D eigenvalue weighted by atomic mass is 16.4. The molecule has 4 rings (SSSR count). The molecule has 1 aliphatic heterocycles. The van der Waals surface area contributed by atoms with E-state index in [1.807, 2.05) is 12.1 Å². The first-order chi connectivity index (χ1) is 11.9. The van der Waals surface area contributed by atoms with Crippen LogP contribution in [0, 0.1) is 0 Å². The molecule has 24 heavy (non-hydrogen) atoms. The van der Waals surface area contributed by atoms with Crippen LogP contribution in [0.5, 0.6) is 0 Å². The first kappa shape index (κ1) is 15.0. The van der Waals surface area contributed by atoms with Crippen LogP contribution in [0.1, 0.15) is 36.8 Å². The largest absolute Gasteiger partial charge is 0.419 e. The number of hydrogen-bond donors (Lipinski definition) is 0. The third kappa shape index (κ3) is 3.21. The van der Waals surface area contributed by atoms with Crippen molar-refractivity contribution in [2.24, 2.45) is 0 Å². The molecule has 0 aliphatic carbocycles. The van der Waals surface area contributed by atoms with Gasteiger partial charge in [0, 0.05) is 18.9 Å². The lowest BCUT2D eigenvalue weighted by Gasteiger charge is -2.33. The number of piperidine rings is 1. The van der Waals surface area contributed by atoms with E-state index in [4.69, 9.17) is 4.42 Å². The van der Waals surface area contributed by atoms with Gasteiger partial charge < -0.3 is 4.42 Å². The molecule has 5 heteroatoms. The molecule has 0 saturated carbocycles. The van der Waals surface area contributed by atoms with Gasteiger partial charge in [-0.05, 0) is 37.1 Å². The molecule has 1 aromatic carbocycles. The molecule has 3 heterocycles. The van der Waals surface area contributed by atoms with Crippen LogP contribution in [0.2, 0.25) is 0 Å². The zero-order valence-corrected chi connectivity index (χ0v) is 13.5. The van der Waals surface area contributed by atoms with Crippen molar-refractivity contribution >= 4 is 0 Å².